The van der Waals surface area contributed by atoms with Crippen LogP contribution in [0.4, 0.5) is 0 Å². The summed E-state index contributed by atoms with van der Waals surface area (Å²) in [6, 6.07) is 9.31. The lowest BCUT2D eigenvalue weighted by Gasteiger charge is -2.00. The van der Waals surface area contributed by atoms with E-state index in [1.54, 1.807) is 6.92 Å². The molecule has 0 N–H and O–H groups in total. The number of ketones is 1. The van der Waals surface area contributed by atoms with Crippen molar-refractivity contribution in [3.63, 3.8) is 0 Å². The largest absolute Gasteiger partial charge is 0.462 e. The lowest BCUT2D eigenvalue weighted by molar-refractivity contribution is -0.139. The van der Waals surface area contributed by atoms with Gasteiger partial charge in [-0.05, 0) is 26.0 Å². The van der Waals surface area contributed by atoms with Crippen LogP contribution in [0.15, 0.2) is 42.0 Å². The summed E-state index contributed by atoms with van der Waals surface area (Å²) in [5.41, 5.74) is 0.792. The van der Waals surface area contributed by atoms with Gasteiger partial charge >= 0.3 is 5.97 Å². The van der Waals surface area contributed by atoms with Crippen molar-refractivity contribution >= 4 is 11.8 Å². The topological polar surface area (TPSA) is 43.4 Å². The summed E-state index contributed by atoms with van der Waals surface area (Å²) in [4.78, 5) is 22.7. The first-order valence-electron chi connectivity index (χ1n) is 5.60. The molecule has 0 saturated carbocycles. The van der Waals surface area contributed by atoms with Gasteiger partial charge in [-0.15, -0.1) is 0 Å². The molecule has 1 rings (SSSR count). The fraction of sp³-hybridized carbons (Fsp3) is 0.200. The lowest BCUT2D eigenvalue weighted by Crippen LogP contribution is -2.13. The van der Waals surface area contributed by atoms with Gasteiger partial charge in [0.25, 0.3) is 0 Å². The Balaban J connectivity index is 2.89. The summed E-state index contributed by atoms with van der Waals surface area (Å²) in [5, 5.41) is 0. The Labute approximate surface area is 106 Å². The van der Waals surface area contributed by atoms with Gasteiger partial charge in [0.2, 0.25) is 0 Å². The highest BCUT2D eigenvalue weighted by atomic mass is 16.5. The molecule has 3 heteroatoms. The van der Waals surface area contributed by atoms with Crippen LogP contribution in [0.2, 0.25) is 0 Å². The highest BCUT2D eigenvalue weighted by Crippen LogP contribution is 2.00. The third-order valence-electron chi connectivity index (χ3n) is 2.08. The first-order chi connectivity index (χ1) is 8.65. The summed E-state index contributed by atoms with van der Waals surface area (Å²) in [5.74, 6) is 4.55. The number of carbonyl (C=O) groups is 2. The molecule has 0 saturated heterocycles. The highest BCUT2D eigenvalue weighted by Gasteiger charge is 2.14. The molecule has 0 heterocycles. The molecular formula is C15H14O3. The summed E-state index contributed by atoms with van der Waals surface area (Å²) in [6.45, 7) is 3.23. The van der Waals surface area contributed by atoms with E-state index in [0.717, 1.165) is 5.56 Å². The molecule has 92 valence electrons. The molecule has 0 unspecified atom stereocenters. The number of benzene rings is 1. The summed E-state index contributed by atoms with van der Waals surface area (Å²) in [6.07, 6.45) is 1.30. The predicted molar refractivity (Wildman–Crippen MR) is 68.7 cm³/mol. The van der Waals surface area contributed by atoms with Crippen molar-refractivity contribution in [3.05, 3.63) is 47.5 Å². The van der Waals surface area contributed by atoms with E-state index in [-0.39, 0.29) is 18.0 Å². The number of esters is 1. The second kappa shape index (κ2) is 7.08. The molecule has 0 spiro atoms. The zero-order valence-corrected chi connectivity index (χ0v) is 10.4. The number of hydrogen-bond donors (Lipinski definition) is 0. The second-order valence-electron chi connectivity index (χ2n) is 3.47. The van der Waals surface area contributed by atoms with Gasteiger partial charge in [0, 0.05) is 11.6 Å². The van der Waals surface area contributed by atoms with Crippen LogP contribution < -0.4 is 0 Å². The molecule has 0 aliphatic heterocycles. The summed E-state index contributed by atoms with van der Waals surface area (Å²) < 4.78 is 4.77. The minimum atomic E-state index is -0.632. The number of carbonyl (C=O) groups excluding carboxylic acids is 2. The average Bonchev–Trinajstić information content (AvgIpc) is 2.35. The van der Waals surface area contributed by atoms with Crippen LogP contribution in [0, 0.1) is 11.8 Å². The van der Waals surface area contributed by atoms with E-state index in [9.17, 15) is 9.59 Å². The number of hydrogen-bond acceptors (Lipinski definition) is 3. The fourth-order valence-corrected chi connectivity index (χ4v) is 1.23. The Kier molecular flexibility index (Phi) is 5.40. The van der Waals surface area contributed by atoms with Gasteiger partial charge in [0.1, 0.15) is 5.57 Å². The number of ether oxygens (including phenoxy) is 1. The van der Waals surface area contributed by atoms with Crippen LogP contribution in [-0.2, 0) is 14.3 Å². The third-order valence-corrected chi connectivity index (χ3v) is 2.08. The maximum Gasteiger partial charge on any atom is 0.342 e. The standard InChI is InChI=1S/C15H14O3/c1-3-18-15(17)14(12(2)16)11-7-10-13-8-5-4-6-9-13/h4-6,8-9,11H,3H2,1-2H3/b14-11+. The summed E-state index contributed by atoms with van der Waals surface area (Å²) >= 11 is 0. The van der Waals surface area contributed by atoms with E-state index in [1.807, 2.05) is 30.3 Å². The normalized spacial score (nSPS) is 10.2. The van der Waals surface area contributed by atoms with Crippen LogP contribution in [-0.4, -0.2) is 18.4 Å². The molecule has 0 aliphatic rings. The summed E-state index contributed by atoms with van der Waals surface area (Å²) in [7, 11) is 0. The van der Waals surface area contributed by atoms with Crippen LogP contribution >= 0.6 is 0 Å². The second-order valence-corrected chi connectivity index (χ2v) is 3.47. The Morgan fingerprint density at radius 2 is 1.94 bits per heavy atom. The number of Topliss-reactive ketones (excluding diaryl/α,β-unsaturated/α-hetero) is 1. The Hall–Kier alpha value is -2.34. The van der Waals surface area contributed by atoms with E-state index in [1.165, 1.54) is 13.0 Å². The highest BCUT2D eigenvalue weighted by molar-refractivity contribution is 6.16. The SMILES string of the molecule is CCOC(=O)/C(=C/C#Cc1ccccc1)C(C)=O. The third kappa shape index (κ3) is 4.26. The lowest BCUT2D eigenvalue weighted by atomic mass is 10.1. The zero-order valence-electron chi connectivity index (χ0n) is 10.4. The smallest absolute Gasteiger partial charge is 0.342 e. The first-order valence-corrected chi connectivity index (χ1v) is 5.60. The molecule has 3 nitrogen and oxygen atoms in total. The first kappa shape index (κ1) is 13.7. The van der Waals surface area contributed by atoms with Gasteiger partial charge in [-0.2, -0.15) is 0 Å². The van der Waals surface area contributed by atoms with Crippen LogP contribution in [0.3, 0.4) is 0 Å². The molecule has 0 amide bonds. The fourth-order valence-electron chi connectivity index (χ4n) is 1.23. The van der Waals surface area contributed by atoms with E-state index < -0.39 is 5.97 Å². The molecule has 0 bridgehead atoms. The van der Waals surface area contributed by atoms with Crippen LogP contribution in [0.5, 0.6) is 0 Å². The molecule has 1 aromatic carbocycles. The van der Waals surface area contributed by atoms with Gasteiger partial charge in [-0.25, -0.2) is 4.79 Å². The number of allylic oxidation sites excluding steroid dienone is 1. The maximum absolute atomic E-state index is 11.4. The molecule has 0 aliphatic carbocycles. The van der Waals surface area contributed by atoms with Crippen molar-refractivity contribution in [3.8, 4) is 11.8 Å². The molecule has 18 heavy (non-hydrogen) atoms. The van der Waals surface area contributed by atoms with Gasteiger partial charge in [-0.3, -0.25) is 4.79 Å². The van der Waals surface area contributed by atoms with Crippen molar-refractivity contribution in [1.82, 2.24) is 0 Å². The van der Waals surface area contributed by atoms with E-state index >= 15 is 0 Å². The van der Waals surface area contributed by atoms with Crippen molar-refractivity contribution in [2.45, 2.75) is 13.8 Å². The Morgan fingerprint density at radius 1 is 1.28 bits per heavy atom. The zero-order chi connectivity index (χ0) is 13.4. The van der Waals surface area contributed by atoms with Crippen LogP contribution in [0.25, 0.3) is 0 Å². The van der Waals surface area contributed by atoms with Crippen molar-refractivity contribution < 1.29 is 14.3 Å². The molecule has 0 aromatic heterocycles. The molecular weight excluding hydrogens is 228 g/mol. The molecule has 0 atom stereocenters. The van der Waals surface area contributed by atoms with Crippen molar-refractivity contribution in [1.29, 1.82) is 0 Å². The Bertz CT molecular complexity index is 516. The minimum Gasteiger partial charge on any atom is -0.462 e. The molecule has 0 fully saturated rings. The Morgan fingerprint density at radius 3 is 2.50 bits per heavy atom. The monoisotopic (exact) mass is 242 g/mol. The van der Waals surface area contributed by atoms with E-state index in [4.69, 9.17) is 4.74 Å². The quantitative estimate of drug-likeness (QED) is 0.268. The van der Waals surface area contributed by atoms with E-state index in [2.05, 4.69) is 11.8 Å². The molecule has 0 radical (unpaired) electrons. The average molecular weight is 242 g/mol. The van der Waals surface area contributed by atoms with Crippen molar-refractivity contribution in [2.75, 3.05) is 6.61 Å². The number of rotatable bonds is 3. The van der Waals surface area contributed by atoms with E-state index in [0.29, 0.717) is 0 Å². The van der Waals surface area contributed by atoms with Crippen LogP contribution in [0.1, 0.15) is 19.4 Å². The van der Waals surface area contributed by atoms with Gasteiger partial charge in [0.05, 0.1) is 6.61 Å². The van der Waals surface area contributed by atoms with Gasteiger partial charge in [-0.1, -0.05) is 30.0 Å². The maximum atomic E-state index is 11.4. The van der Waals surface area contributed by atoms with Gasteiger partial charge < -0.3 is 4.74 Å². The molecule has 1 aromatic rings. The van der Waals surface area contributed by atoms with Gasteiger partial charge in [0.15, 0.2) is 5.78 Å². The minimum absolute atomic E-state index is 0.0275. The predicted octanol–water partition coefficient (Wildman–Crippen LogP) is 2.12. The van der Waals surface area contributed by atoms with Crippen molar-refractivity contribution in [2.24, 2.45) is 0 Å².